The number of hydrogen-bond acceptors (Lipinski definition) is 5. The van der Waals surface area contributed by atoms with E-state index in [0.717, 1.165) is 29.7 Å². The lowest BCUT2D eigenvalue weighted by Gasteiger charge is -2.21. The van der Waals surface area contributed by atoms with Crippen LogP contribution in [-0.2, 0) is 22.6 Å². The number of nitrogens with zero attached hydrogens (tertiary/aromatic N) is 1. The van der Waals surface area contributed by atoms with E-state index in [1.54, 1.807) is 12.2 Å². The van der Waals surface area contributed by atoms with Gasteiger partial charge in [0.25, 0.3) is 5.91 Å². The summed E-state index contributed by atoms with van der Waals surface area (Å²) in [5.74, 6) is 0.407. The summed E-state index contributed by atoms with van der Waals surface area (Å²) in [7, 11) is 1.65. The van der Waals surface area contributed by atoms with E-state index >= 15 is 0 Å². The maximum atomic E-state index is 12.5. The van der Waals surface area contributed by atoms with Gasteiger partial charge in [0.15, 0.2) is 0 Å². The Morgan fingerprint density at radius 1 is 0.838 bits per heavy atom. The first-order valence-electron chi connectivity index (χ1n) is 14.0. The molecule has 204 valence electrons. The van der Waals surface area contributed by atoms with Crippen LogP contribution in [0.1, 0.15) is 99.5 Å². The quantitative estimate of drug-likeness (QED) is 0.165. The van der Waals surface area contributed by atoms with Gasteiger partial charge in [0.1, 0.15) is 5.75 Å². The molecule has 0 aromatic heterocycles. The molecule has 0 saturated carbocycles. The van der Waals surface area contributed by atoms with E-state index in [-0.39, 0.29) is 11.9 Å². The molecule has 37 heavy (non-hydrogen) atoms. The molecule has 0 aliphatic rings. The molecular formula is C31H46N2O4. The van der Waals surface area contributed by atoms with Crippen LogP contribution in [0.15, 0.2) is 48.5 Å². The molecule has 6 nitrogen and oxygen atoms in total. The van der Waals surface area contributed by atoms with Gasteiger partial charge in [-0.15, -0.1) is 5.06 Å². The number of methoxy groups -OCH3 is 1. The molecule has 6 heteroatoms. The number of benzene rings is 2. The van der Waals surface area contributed by atoms with Gasteiger partial charge in [-0.05, 0) is 48.2 Å². The van der Waals surface area contributed by atoms with Crippen LogP contribution in [0.5, 0.6) is 5.75 Å². The first-order chi connectivity index (χ1) is 18.0. The Bertz CT molecular complexity index is 914. The van der Waals surface area contributed by atoms with Crippen LogP contribution >= 0.6 is 0 Å². The Labute approximate surface area is 223 Å². The van der Waals surface area contributed by atoms with Crippen LogP contribution in [0.2, 0.25) is 0 Å². The van der Waals surface area contributed by atoms with Gasteiger partial charge in [0, 0.05) is 25.6 Å². The summed E-state index contributed by atoms with van der Waals surface area (Å²) in [6, 6.07) is 15.3. The van der Waals surface area contributed by atoms with Crippen molar-refractivity contribution in [2.24, 2.45) is 0 Å². The van der Waals surface area contributed by atoms with Crippen molar-refractivity contribution in [3.05, 3.63) is 65.2 Å². The molecule has 1 amide bonds. The van der Waals surface area contributed by atoms with Gasteiger partial charge in [-0.1, -0.05) is 89.0 Å². The minimum atomic E-state index is -0.353. The van der Waals surface area contributed by atoms with E-state index in [1.807, 2.05) is 48.5 Å². The van der Waals surface area contributed by atoms with E-state index in [1.165, 1.54) is 58.3 Å². The van der Waals surface area contributed by atoms with E-state index in [9.17, 15) is 9.59 Å². The zero-order valence-electron chi connectivity index (χ0n) is 23.1. The largest absolute Gasteiger partial charge is 0.497 e. The molecule has 1 N–H and O–H groups in total. The molecule has 0 saturated heterocycles. The minimum Gasteiger partial charge on any atom is -0.497 e. The molecular weight excluding hydrogens is 464 g/mol. The highest BCUT2D eigenvalue weighted by Gasteiger charge is 2.12. The Kier molecular flexibility index (Phi) is 15.1. The second-order valence-corrected chi connectivity index (χ2v) is 9.68. The predicted molar refractivity (Wildman–Crippen MR) is 149 cm³/mol. The van der Waals surface area contributed by atoms with Crippen molar-refractivity contribution >= 4 is 11.9 Å². The van der Waals surface area contributed by atoms with E-state index in [4.69, 9.17) is 9.57 Å². The lowest BCUT2D eigenvalue weighted by atomic mass is 10.1. The number of nitrogens with one attached hydrogen (secondary N) is 1. The van der Waals surface area contributed by atoms with Crippen molar-refractivity contribution < 1.29 is 19.2 Å². The third kappa shape index (κ3) is 13.3. The Hall–Kier alpha value is -2.86. The van der Waals surface area contributed by atoms with Crippen molar-refractivity contribution in [2.45, 2.75) is 91.0 Å². The van der Waals surface area contributed by atoms with Crippen LogP contribution < -0.4 is 10.1 Å². The molecule has 0 atom stereocenters. The van der Waals surface area contributed by atoms with Gasteiger partial charge < -0.3 is 14.9 Å². The van der Waals surface area contributed by atoms with Gasteiger partial charge in [0.2, 0.25) is 0 Å². The summed E-state index contributed by atoms with van der Waals surface area (Å²) >= 11 is 0. The maximum Gasteiger partial charge on any atom is 0.322 e. The average Bonchev–Trinajstić information content (AvgIpc) is 2.90. The van der Waals surface area contributed by atoms with Crippen LogP contribution in [-0.4, -0.2) is 37.1 Å². The summed E-state index contributed by atoms with van der Waals surface area (Å²) in [6.07, 6.45) is 13.5. The lowest BCUT2D eigenvalue weighted by molar-refractivity contribution is -0.190. The first kappa shape index (κ1) is 30.4. The van der Waals surface area contributed by atoms with Gasteiger partial charge in [0.05, 0.1) is 13.7 Å². The van der Waals surface area contributed by atoms with Crippen molar-refractivity contribution in [3.8, 4) is 5.75 Å². The van der Waals surface area contributed by atoms with Crippen molar-refractivity contribution in [2.75, 3.05) is 20.2 Å². The molecule has 0 aliphatic heterocycles. The van der Waals surface area contributed by atoms with Gasteiger partial charge in [-0.3, -0.25) is 9.59 Å². The molecule has 0 fully saturated rings. The fourth-order valence-electron chi connectivity index (χ4n) is 4.30. The number of hydrogen-bond donors (Lipinski definition) is 1. The van der Waals surface area contributed by atoms with Crippen LogP contribution in [0.4, 0.5) is 0 Å². The van der Waals surface area contributed by atoms with E-state index in [2.05, 4.69) is 12.2 Å². The minimum absolute atomic E-state index is 0.0441. The summed E-state index contributed by atoms with van der Waals surface area (Å²) in [5.41, 5.74) is 2.72. The summed E-state index contributed by atoms with van der Waals surface area (Å²) in [6.45, 7) is 5.36. The van der Waals surface area contributed by atoms with Crippen LogP contribution in [0, 0.1) is 0 Å². The number of rotatable bonds is 19. The number of carbonyl (C=O) groups excluding carboxylic acids is 2. The molecule has 0 radical (unpaired) electrons. The molecule has 2 aromatic carbocycles. The zero-order valence-corrected chi connectivity index (χ0v) is 23.1. The molecule has 0 heterocycles. The van der Waals surface area contributed by atoms with Crippen molar-refractivity contribution in [3.63, 3.8) is 0 Å². The second kappa shape index (κ2) is 18.4. The Balaban J connectivity index is 1.70. The normalized spacial score (nSPS) is 10.9. The molecule has 0 unspecified atom stereocenters. The van der Waals surface area contributed by atoms with Crippen LogP contribution in [0.25, 0.3) is 0 Å². The first-order valence-corrected chi connectivity index (χ1v) is 14.0. The number of amides is 1. The highest BCUT2D eigenvalue weighted by atomic mass is 16.7. The smallest absolute Gasteiger partial charge is 0.322 e. The third-order valence-corrected chi connectivity index (χ3v) is 6.43. The topological polar surface area (TPSA) is 67.9 Å². The fraction of sp³-hybridized carbons (Fsp3) is 0.548. The summed E-state index contributed by atoms with van der Waals surface area (Å²) < 4.78 is 5.28. The number of unbranched alkanes of at least 4 members (excludes halogenated alkanes) is 9. The Morgan fingerprint density at radius 3 is 2.11 bits per heavy atom. The second-order valence-electron chi connectivity index (χ2n) is 9.68. The fourth-order valence-corrected chi connectivity index (χ4v) is 4.30. The van der Waals surface area contributed by atoms with E-state index in [0.29, 0.717) is 31.6 Å². The molecule has 0 bridgehead atoms. The number of hydroxylamine groups is 2. The predicted octanol–water partition coefficient (Wildman–Crippen LogP) is 6.87. The van der Waals surface area contributed by atoms with Gasteiger partial charge in [-0.25, -0.2) is 0 Å². The standard InChI is InChI=1S/C31H46N2O4/c1-4-5-6-7-8-9-10-11-12-13-22-32-31(35)29-19-17-28(18-20-29)25-33(37-26(2)34)23-21-27-15-14-16-30(24-27)36-3/h14-20,24H,4-13,21-23,25H2,1-3H3,(H,32,35). The summed E-state index contributed by atoms with van der Waals surface area (Å²) in [5, 5.41) is 4.68. The zero-order chi connectivity index (χ0) is 26.7. The highest BCUT2D eigenvalue weighted by molar-refractivity contribution is 5.94. The molecule has 2 aromatic rings. The molecule has 0 aliphatic carbocycles. The lowest BCUT2D eigenvalue weighted by Crippen LogP contribution is -2.28. The highest BCUT2D eigenvalue weighted by Crippen LogP contribution is 2.15. The monoisotopic (exact) mass is 510 g/mol. The maximum absolute atomic E-state index is 12.5. The van der Waals surface area contributed by atoms with Gasteiger partial charge >= 0.3 is 5.97 Å². The number of carbonyl (C=O) groups is 2. The van der Waals surface area contributed by atoms with Crippen molar-refractivity contribution in [1.82, 2.24) is 10.4 Å². The molecule has 0 spiro atoms. The van der Waals surface area contributed by atoms with Crippen LogP contribution in [0.3, 0.4) is 0 Å². The number of ether oxygens (including phenoxy) is 1. The Morgan fingerprint density at radius 2 is 1.49 bits per heavy atom. The van der Waals surface area contributed by atoms with Crippen molar-refractivity contribution in [1.29, 1.82) is 0 Å². The SMILES string of the molecule is CCCCCCCCCCCCNC(=O)c1ccc(CN(CCc2cccc(OC)c2)OC(C)=O)cc1. The van der Waals surface area contributed by atoms with Gasteiger partial charge in [-0.2, -0.15) is 0 Å². The molecule has 2 rings (SSSR count). The average molecular weight is 511 g/mol. The van der Waals surface area contributed by atoms with E-state index < -0.39 is 0 Å². The third-order valence-electron chi connectivity index (χ3n) is 6.43. The summed E-state index contributed by atoms with van der Waals surface area (Å²) in [4.78, 5) is 29.5.